The van der Waals surface area contributed by atoms with Crippen LogP contribution in [0.1, 0.15) is 15.9 Å². The maximum Gasteiger partial charge on any atom is 0.258 e. The molecule has 4 nitrogen and oxygen atoms in total. The van der Waals surface area contributed by atoms with Crippen LogP contribution in [0.2, 0.25) is 5.02 Å². The third-order valence-electron chi connectivity index (χ3n) is 2.57. The number of anilines is 1. The minimum atomic E-state index is -0.358. The van der Waals surface area contributed by atoms with Crippen LogP contribution in [0.25, 0.3) is 0 Å². The molecule has 0 bridgehead atoms. The summed E-state index contributed by atoms with van der Waals surface area (Å²) >= 11 is 13.3. The van der Waals surface area contributed by atoms with E-state index in [1.54, 1.807) is 24.4 Å². The van der Waals surface area contributed by atoms with Crippen LogP contribution in [-0.2, 0) is 0 Å². The summed E-state index contributed by atoms with van der Waals surface area (Å²) in [6.07, 6.45) is 1.70. The van der Waals surface area contributed by atoms with Crippen LogP contribution in [-0.4, -0.2) is 16.0 Å². The molecule has 1 amide bonds. The molecule has 0 unspecified atom stereocenters. The Bertz CT molecular complexity index is 691. The fraction of sp³-hybridized carbons (Fsp3) is 0.0714. The SMILES string of the molecule is Cc1ccc(C(=O)NC(=S)Nc2ccc(I)cn2)c(Cl)c1. The number of hydrogen-bond donors (Lipinski definition) is 2. The van der Waals surface area contributed by atoms with Crippen molar-refractivity contribution in [1.29, 1.82) is 0 Å². The van der Waals surface area contributed by atoms with E-state index in [4.69, 9.17) is 23.8 Å². The third-order valence-corrected chi connectivity index (χ3v) is 3.72. The highest BCUT2D eigenvalue weighted by atomic mass is 127. The van der Waals surface area contributed by atoms with Crippen LogP contribution in [0.3, 0.4) is 0 Å². The summed E-state index contributed by atoms with van der Waals surface area (Å²) < 4.78 is 1.01. The first kappa shape index (κ1) is 16.1. The molecule has 108 valence electrons. The molecule has 0 saturated heterocycles. The number of aryl methyl sites for hydroxylation is 1. The second-order valence-corrected chi connectivity index (χ2v) is 6.31. The van der Waals surface area contributed by atoms with Gasteiger partial charge >= 0.3 is 0 Å². The van der Waals surface area contributed by atoms with Gasteiger partial charge < -0.3 is 5.32 Å². The number of halogens is 2. The monoisotopic (exact) mass is 431 g/mol. The first-order valence-electron chi connectivity index (χ1n) is 5.96. The van der Waals surface area contributed by atoms with Crippen molar-refractivity contribution < 1.29 is 4.79 Å². The Morgan fingerprint density at radius 3 is 2.71 bits per heavy atom. The molecule has 1 aromatic heterocycles. The van der Waals surface area contributed by atoms with Crippen molar-refractivity contribution in [3.63, 3.8) is 0 Å². The zero-order valence-electron chi connectivity index (χ0n) is 11.0. The van der Waals surface area contributed by atoms with E-state index in [0.717, 1.165) is 9.13 Å². The Balaban J connectivity index is 2.02. The highest BCUT2D eigenvalue weighted by Gasteiger charge is 2.12. The molecule has 0 radical (unpaired) electrons. The zero-order chi connectivity index (χ0) is 15.4. The van der Waals surface area contributed by atoms with Gasteiger partial charge in [-0.3, -0.25) is 10.1 Å². The number of carbonyl (C=O) groups is 1. The molecule has 1 aromatic carbocycles. The van der Waals surface area contributed by atoms with E-state index < -0.39 is 0 Å². The van der Waals surface area contributed by atoms with Gasteiger partial charge in [0.05, 0.1) is 10.6 Å². The summed E-state index contributed by atoms with van der Waals surface area (Å²) in [6.45, 7) is 1.90. The van der Waals surface area contributed by atoms with Gasteiger partial charge in [0.2, 0.25) is 0 Å². The van der Waals surface area contributed by atoms with Gasteiger partial charge in [0, 0.05) is 9.77 Å². The van der Waals surface area contributed by atoms with Gasteiger partial charge in [0.15, 0.2) is 5.11 Å². The van der Waals surface area contributed by atoms with E-state index in [1.165, 1.54) is 0 Å². The van der Waals surface area contributed by atoms with Crippen molar-refractivity contribution in [1.82, 2.24) is 10.3 Å². The van der Waals surface area contributed by atoms with Gasteiger partial charge in [0.25, 0.3) is 5.91 Å². The van der Waals surface area contributed by atoms with E-state index in [-0.39, 0.29) is 11.0 Å². The van der Waals surface area contributed by atoms with Crippen LogP contribution in [0, 0.1) is 10.5 Å². The second kappa shape index (κ2) is 7.15. The minimum Gasteiger partial charge on any atom is -0.317 e. The van der Waals surface area contributed by atoms with Gasteiger partial charge in [-0.05, 0) is 71.6 Å². The van der Waals surface area contributed by atoms with Crippen molar-refractivity contribution in [2.75, 3.05) is 5.32 Å². The molecule has 0 saturated carbocycles. The lowest BCUT2D eigenvalue weighted by atomic mass is 10.1. The number of nitrogens with one attached hydrogen (secondary N) is 2. The molecule has 2 rings (SSSR count). The Morgan fingerprint density at radius 1 is 1.33 bits per heavy atom. The molecule has 2 N–H and O–H groups in total. The average molecular weight is 432 g/mol. The minimum absolute atomic E-state index is 0.172. The highest BCUT2D eigenvalue weighted by Crippen LogP contribution is 2.17. The smallest absolute Gasteiger partial charge is 0.258 e. The van der Waals surface area contributed by atoms with E-state index in [0.29, 0.717) is 16.4 Å². The summed E-state index contributed by atoms with van der Waals surface area (Å²) in [6, 6.07) is 8.88. The Labute approximate surface area is 146 Å². The van der Waals surface area contributed by atoms with E-state index in [2.05, 4.69) is 38.2 Å². The fourth-order valence-electron chi connectivity index (χ4n) is 1.57. The predicted molar refractivity (Wildman–Crippen MR) is 96.8 cm³/mol. The zero-order valence-corrected chi connectivity index (χ0v) is 14.7. The molecular formula is C14H11ClIN3OS. The van der Waals surface area contributed by atoms with Crippen LogP contribution in [0.4, 0.5) is 5.82 Å². The van der Waals surface area contributed by atoms with E-state index in [1.807, 2.05) is 19.1 Å². The lowest BCUT2D eigenvalue weighted by Gasteiger charge is -2.10. The van der Waals surface area contributed by atoms with E-state index >= 15 is 0 Å². The van der Waals surface area contributed by atoms with E-state index in [9.17, 15) is 4.79 Å². The third kappa shape index (κ3) is 4.62. The molecule has 21 heavy (non-hydrogen) atoms. The molecule has 0 spiro atoms. The molecule has 0 fully saturated rings. The standard InChI is InChI=1S/C14H11ClIN3OS/c1-8-2-4-10(11(15)6-8)13(20)19-14(21)18-12-5-3-9(16)7-17-12/h2-7H,1H3,(H2,17,18,19,20,21). The van der Waals surface area contributed by atoms with Gasteiger partial charge in [-0.1, -0.05) is 17.7 Å². The summed E-state index contributed by atoms with van der Waals surface area (Å²) in [5.41, 5.74) is 1.36. The Hall–Kier alpha value is -1.25. The quantitative estimate of drug-likeness (QED) is 0.561. The number of aromatic nitrogens is 1. The maximum atomic E-state index is 12.1. The number of carbonyl (C=O) groups excluding carboxylic acids is 1. The van der Waals surface area contributed by atoms with Crippen LogP contribution < -0.4 is 10.6 Å². The van der Waals surface area contributed by atoms with Crippen LogP contribution in [0.15, 0.2) is 36.5 Å². The highest BCUT2D eigenvalue weighted by molar-refractivity contribution is 14.1. The van der Waals surface area contributed by atoms with Crippen molar-refractivity contribution in [3.8, 4) is 0 Å². The molecule has 2 aromatic rings. The van der Waals surface area contributed by atoms with Crippen LogP contribution in [0.5, 0.6) is 0 Å². The molecule has 1 heterocycles. The van der Waals surface area contributed by atoms with Gasteiger partial charge in [0.1, 0.15) is 5.82 Å². The summed E-state index contributed by atoms with van der Waals surface area (Å²) in [4.78, 5) is 16.2. The lowest BCUT2D eigenvalue weighted by Crippen LogP contribution is -2.34. The Kier molecular flexibility index (Phi) is 5.49. The average Bonchev–Trinajstić information content (AvgIpc) is 2.41. The van der Waals surface area contributed by atoms with Crippen molar-refractivity contribution in [2.24, 2.45) is 0 Å². The van der Waals surface area contributed by atoms with Gasteiger partial charge in [-0.25, -0.2) is 4.98 Å². The fourth-order valence-corrected chi connectivity index (χ4v) is 2.41. The number of nitrogens with zero attached hydrogens (tertiary/aromatic N) is 1. The predicted octanol–water partition coefficient (Wildman–Crippen LogP) is 3.77. The molecule has 0 aliphatic heterocycles. The first-order chi connectivity index (χ1) is 9.95. The molecular weight excluding hydrogens is 421 g/mol. The number of rotatable bonds is 2. The summed E-state index contributed by atoms with van der Waals surface area (Å²) in [7, 11) is 0. The number of benzene rings is 1. The summed E-state index contributed by atoms with van der Waals surface area (Å²) in [5, 5.41) is 5.98. The number of thiocarbonyl (C=S) groups is 1. The molecule has 7 heteroatoms. The number of pyridine rings is 1. The van der Waals surface area contributed by atoms with Gasteiger partial charge in [-0.15, -0.1) is 0 Å². The normalized spacial score (nSPS) is 10.0. The Morgan fingerprint density at radius 2 is 2.10 bits per heavy atom. The second-order valence-electron chi connectivity index (χ2n) is 4.25. The summed E-state index contributed by atoms with van der Waals surface area (Å²) in [5.74, 6) is 0.207. The van der Waals surface area contributed by atoms with Gasteiger partial charge in [-0.2, -0.15) is 0 Å². The largest absolute Gasteiger partial charge is 0.317 e. The lowest BCUT2D eigenvalue weighted by molar-refractivity contribution is 0.0978. The molecule has 0 aliphatic carbocycles. The van der Waals surface area contributed by atoms with Crippen LogP contribution >= 0.6 is 46.4 Å². The topological polar surface area (TPSA) is 54.0 Å². The number of amides is 1. The van der Waals surface area contributed by atoms with Crippen molar-refractivity contribution >= 4 is 63.2 Å². The molecule has 0 aliphatic rings. The number of hydrogen-bond acceptors (Lipinski definition) is 3. The van der Waals surface area contributed by atoms with Crippen molar-refractivity contribution in [2.45, 2.75) is 6.92 Å². The maximum absolute atomic E-state index is 12.1. The first-order valence-corrected chi connectivity index (χ1v) is 7.82. The molecule has 0 atom stereocenters. The van der Waals surface area contributed by atoms with Crippen molar-refractivity contribution in [3.05, 3.63) is 56.2 Å².